The fourth-order valence-corrected chi connectivity index (χ4v) is 1.58. The molecule has 4 nitrogen and oxygen atoms in total. The van der Waals surface area contributed by atoms with Crippen molar-refractivity contribution in [3.8, 4) is 6.07 Å². The lowest BCUT2D eigenvalue weighted by Gasteiger charge is -2.09. The van der Waals surface area contributed by atoms with Crippen LogP contribution in [0.1, 0.15) is 28.9 Å². The summed E-state index contributed by atoms with van der Waals surface area (Å²) in [5.74, 6) is -0.773. The number of methoxy groups -OCH3 is 1. The standard InChI is InChI=1S/C11H9ClF2N2O2/c1-18-10(17)3-8-7(5-15)6(4-12)2-9(16-8)11(13)14/h2,11H,3-4H2,1H3. The molecule has 0 spiro atoms. The predicted octanol–water partition coefficient (Wildman–Crippen LogP) is 2.35. The van der Waals surface area contributed by atoms with Crippen LogP contribution in [0.5, 0.6) is 0 Å². The van der Waals surface area contributed by atoms with Crippen molar-refractivity contribution in [2.45, 2.75) is 18.7 Å². The van der Waals surface area contributed by atoms with Crippen molar-refractivity contribution in [3.05, 3.63) is 28.6 Å². The molecular formula is C11H9ClF2N2O2. The molecule has 0 radical (unpaired) electrons. The lowest BCUT2D eigenvalue weighted by molar-refractivity contribution is -0.139. The van der Waals surface area contributed by atoms with Gasteiger partial charge in [0.1, 0.15) is 11.8 Å². The molecule has 0 saturated carbocycles. The van der Waals surface area contributed by atoms with Crippen LogP contribution in [0.2, 0.25) is 0 Å². The number of esters is 1. The van der Waals surface area contributed by atoms with Crippen molar-refractivity contribution in [2.24, 2.45) is 0 Å². The van der Waals surface area contributed by atoms with Crippen LogP contribution < -0.4 is 0 Å². The second kappa shape index (κ2) is 6.26. The molecule has 0 amide bonds. The van der Waals surface area contributed by atoms with Crippen LogP contribution in [-0.4, -0.2) is 18.1 Å². The minimum atomic E-state index is -2.80. The maximum atomic E-state index is 12.6. The van der Waals surface area contributed by atoms with Gasteiger partial charge in [0.15, 0.2) is 0 Å². The van der Waals surface area contributed by atoms with Gasteiger partial charge in [-0.25, -0.2) is 13.8 Å². The number of hydrogen-bond acceptors (Lipinski definition) is 4. The van der Waals surface area contributed by atoms with Crippen LogP contribution in [0.3, 0.4) is 0 Å². The summed E-state index contributed by atoms with van der Waals surface area (Å²) >= 11 is 5.59. The second-order valence-electron chi connectivity index (χ2n) is 3.33. The van der Waals surface area contributed by atoms with Crippen molar-refractivity contribution in [1.29, 1.82) is 5.26 Å². The number of carbonyl (C=O) groups is 1. The molecular weight excluding hydrogens is 266 g/mol. The average molecular weight is 275 g/mol. The summed E-state index contributed by atoms with van der Waals surface area (Å²) in [5, 5.41) is 8.96. The molecule has 0 bridgehead atoms. The van der Waals surface area contributed by atoms with Gasteiger partial charge >= 0.3 is 5.97 Å². The molecule has 96 valence electrons. The van der Waals surface area contributed by atoms with Crippen molar-refractivity contribution in [1.82, 2.24) is 4.98 Å². The van der Waals surface area contributed by atoms with E-state index in [1.165, 1.54) is 0 Å². The quantitative estimate of drug-likeness (QED) is 0.624. The smallest absolute Gasteiger partial charge is 0.311 e. The molecule has 1 aromatic heterocycles. The Balaban J connectivity index is 3.32. The highest BCUT2D eigenvalue weighted by Crippen LogP contribution is 2.23. The van der Waals surface area contributed by atoms with Crippen LogP contribution in [0, 0.1) is 11.3 Å². The molecule has 0 unspecified atom stereocenters. The summed E-state index contributed by atoms with van der Waals surface area (Å²) in [6, 6.07) is 2.88. The Hall–Kier alpha value is -1.74. The lowest BCUT2D eigenvalue weighted by atomic mass is 10.1. The topological polar surface area (TPSA) is 63.0 Å². The summed E-state index contributed by atoms with van der Waals surface area (Å²) < 4.78 is 29.6. The van der Waals surface area contributed by atoms with Crippen molar-refractivity contribution >= 4 is 17.6 Å². The molecule has 1 rings (SSSR count). The highest BCUT2D eigenvalue weighted by Gasteiger charge is 2.19. The zero-order chi connectivity index (χ0) is 13.7. The van der Waals surface area contributed by atoms with Gasteiger partial charge in [0.2, 0.25) is 0 Å². The molecule has 7 heteroatoms. The number of alkyl halides is 3. The SMILES string of the molecule is COC(=O)Cc1nc(C(F)F)cc(CCl)c1C#N. The second-order valence-corrected chi connectivity index (χ2v) is 3.59. The molecule has 0 atom stereocenters. The molecule has 1 aromatic rings. The van der Waals surface area contributed by atoms with Gasteiger partial charge in [-0.05, 0) is 11.6 Å². The van der Waals surface area contributed by atoms with Crippen LogP contribution in [0.4, 0.5) is 8.78 Å². The Morgan fingerprint density at radius 1 is 1.67 bits per heavy atom. The first-order valence-corrected chi connectivity index (χ1v) is 5.40. The van der Waals surface area contributed by atoms with E-state index in [1.807, 2.05) is 6.07 Å². The van der Waals surface area contributed by atoms with E-state index in [1.54, 1.807) is 0 Å². The third kappa shape index (κ3) is 3.14. The van der Waals surface area contributed by atoms with Gasteiger partial charge in [-0.2, -0.15) is 5.26 Å². The normalized spacial score (nSPS) is 10.2. The Bertz CT molecular complexity index is 501. The molecule has 0 fully saturated rings. The van der Waals surface area contributed by atoms with Crippen LogP contribution in [0.15, 0.2) is 6.07 Å². The van der Waals surface area contributed by atoms with Gasteiger partial charge in [-0.15, -0.1) is 11.6 Å². The number of ether oxygens (including phenoxy) is 1. The number of hydrogen-bond donors (Lipinski definition) is 0. The Labute approximate surface area is 107 Å². The fraction of sp³-hybridized carbons (Fsp3) is 0.364. The van der Waals surface area contributed by atoms with Gasteiger partial charge < -0.3 is 4.74 Å². The summed E-state index contributed by atoms with van der Waals surface area (Å²) in [5.41, 5.74) is -0.287. The van der Waals surface area contributed by atoms with Gasteiger partial charge in [0.05, 0.1) is 24.8 Å². The number of rotatable bonds is 4. The molecule has 0 N–H and O–H groups in total. The van der Waals surface area contributed by atoms with E-state index in [4.69, 9.17) is 16.9 Å². The van der Waals surface area contributed by atoms with Crippen molar-refractivity contribution < 1.29 is 18.3 Å². The molecule has 0 saturated heterocycles. The van der Waals surface area contributed by atoms with Gasteiger partial charge in [0, 0.05) is 5.88 Å². The van der Waals surface area contributed by atoms with E-state index in [9.17, 15) is 13.6 Å². The molecule has 0 aliphatic heterocycles. The minimum Gasteiger partial charge on any atom is -0.469 e. The lowest BCUT2D eigenvalue weighted by Crippen LogP contribution is -2.11. The fourth-order valence-electron chi connectivity index (χ4n) is 1.37. The minimum absolute atomic E-state index is 0.0415. The zero-order valence-electron chi connectivity index (χ0n) is 9.41. The van der Waals surface area contributed by atoms with Crippen LogP contribution in [0.25, 0.3) is 0 Å². The predicted molar refractivity (Wildman–Crippen MR) is 59.2 cm³/mol. The summed E-state index contributed by atoms with van der Waals surface area (Å²) in [6.45, 7) is 0. The summed E-state index contributed by atoms with van der Waals surface area (Å²) in [6.07, 6.45) is -3.14. The first-order valence-electron chi connectivity index (χ1n) is 4.87. The Kier molecular flexibility index (Phi) is 4.98. The number of nitriles is 1. The monoisotopic (exact) mass is 274 g/mol. The van der Waals surface area contributed by atoms with Crippen LogP contribution >= 0.6 is 11.6 Å². The summed E-state index contributed by atoms with van der Waals surface area (Å²) in [7, 11) is 1.16. The zero-order valence-corrected chi connectivity index (χ0v) is 10.2. The number of halogens is 3. The third-order valence-electron chi connectivity index (χ3n) is 2.21. The van der Waals surface area contributed by atoms with E-state index in [-0.39, 0.29) is 29.1 Å². The van der Waals surface area contributed by atoms with Crippen LogP contribution in [-0.2, 0) is 21.8 Å². The number of carbonyl (C=O) groups excluding carboxylic acids is 1. The number of nitrogens with zero attached hydrogens (tertiary/aromatic N) is 2. The van der Waals surface area contributed by atoms with E-state index in [0.29, 0.717) is 0 Å². The largest absolute Gasteiger partial charge is 0.469 e. The first kappa shape index (κ1) is 14.3. The Morgan fingerprint density at radius 3 is 2.78 bits per heavy atom. The first-order chi connectivity index (χ1) is 8.53. The van der Waals surface area contributed by atoms with E-state index in [2.05, 4.69) is 9.72 Å². The maximum absolute atomic E-state index is 12.6. The van der Waals surface area contributed by atoms with Crippen molar-refractivity contribution in [3.63, 3.8) is 0 Å². The highest BCUT2D eigenvalue weighted by molar-refractivity contribution is 6.17. The number of aromatic nitrogens is 1. The Morgan fingerprint density at radius 2 is 2.33 bits per heavy atom. The molecule has 0 aliphatic carbocycles. The molecule has 0 aliphatic rings. The summed E-state index contributed by atoms with van der Waals surface area (Å²) in [4.78, 5) is 14.7. The van der Waals surface area contributed by atoms with E-state index >= 15 is 0 Å². The van der Waals surface area contributed by atoms with Gasteiger partial charge in [0.25, 0.3) is 6.43 Å². The molecule has 0 aromatic carbocycles. The maximum Gasteiger partial charge on any atom is 0.311 e. The van der Waals surface area contributed by atoms with Gasteiger partial charge in [-0.3, -0.25) is 4.79 Å². The average Bonchev–Trinajstić information content (AvgIpc) is 2.37. The van der Waals surface area contributed by atoms with Crippen molar-refractivity contribution in [2.75, 3.05) is 7.11 Å². The van der Waals surface area contributed by atoms with E-state index < -0.39 is 18.1 Å². The number of pyridine rings is 1. The van der Waals surface area contributed by atoms with Gasteiger partial charge in [-0.1, -0.05) is 0 Å². The molecule has 18 heavy (non-hydrogen) atoms. The molecule has 1 heterocycles. The third-order valence-corrected chi connectivity index (χ3v) is 2.50. The van der Waals surface area contributed by atoms with E-state index in [0.717, 1.165) is 13.2 Å². The highest BCUT2D eigenvalue weighted by atomic mass is 35.5.